The number of fused-ring (bicyclic) bond motifs is 1. The van der Waals surface area contributed by atoms with Gasteiger partial charge >= 0.3 is 0 Å². The van der Waals surface area contributed by atoms with Gasteiger partial charge in [-0.3, -0.25) is 0 Å². The van der Waals surface area contributed by atoms with Crippen molar-refractivity contribution in [2.75, 3.05) is 16.4 Å². The third-order valence-electron chi connectivity index (χ3n) is 3.68. The molecule has 102 valence electrons. The molecule has 2 aliphatic heterocycles. The van der Waals surface area contributed by atoms with E-state index in [-0.39, 0.29) is 22.8 Å². The maximum Gasteiger partial charge on any atom is 0.153 e. The molecular weight excluding hydrogens is 298 g/mol. The first-order valence-electron chi connectivity index (χ1n) is 6.30. The quantitative estimate of drug-likeness (QED) is 0.783. The average molecular weight is 313 g/mol. The molecule has 0 radical (unpaired) electrons. The van der Waals surface area contributed by atoms with E-state index in [0.717, 1.165) is 16.4 Å². The minimum atomic E-state index is -2.91. The largest absolute Gasteiger partial charge is 0.322 e. The van der Waals surface area contributed by atoms with Gasteiger partial charge in [-0.25, -0.2) is 8.42 Å². The maximum atomic E-state index is 11.8. The molecule has 0 amide bonds. The molecular formula is C13H15NO2S3. The van der Waals surface area contributed by atoms with Crippen molar-refractivity contribution in [3.63, 3.8) is 0 Å². The Bertz CT molecular complexity index is 627. The van der Waals surface area contributed by atoms with Gasteiger partial charge < -0.3 is 4.90 Å². The van der Waals surface area contributed by atoms with Crippen LogP contribution in [0.1, 0.15) is 12.5 Å². The fraction of sp³-hybridized carbons (Fsp3) is 0.462. The summed E-state index contributed by atoms with van der Waals surface area (Å²) >= 11 is 6.99. The highest BCUT2D eigenvalue weighted by molar-refractivity contribution is 8.24. The van der Waals surface area contributed by atoms with Crippen molar-refractivity contribution >= 4 is 43.8 Å². The first-order chi connectivity index (χ1) is 9.02. The summed E-state index contributed by atoms with van der Waals surface area (Å²) in [4.78, 5) is 2.06. The summed E-state index contributed by atoms with van der Waals surface area (Å²) in [6.07, 6.45) is 0.921. The Morgan fingerprint density at radius 3 is 2.84 bits per heavy atom. The van der Waals surface area contributed by atoms with Crippen molar-refractivity contribution in [1.82, 2.24) is 0 Å². The summed E-state index contributed by atoms with van der Waals surface area (Å²) in [7, 11) is -2.91. The Morgan fingerprint density at radius 2 is 2.11 bits per heavy atom. The number of nitrogens with zero attached hydrogens (tertiary/aromatic N) is 1. The maximum absolute atomic E-state index is 11.8. The second kappa shape index (κ2) is 4.75. The van der Waals surface area contributed by atoms with Crippen molar-refractivity contribution < 1.29 is 8.42 Å². The molecule has 2 atom stereocenters. The van der Waals surface area contributed by atoms with Crippen LogP contribution in [-0.2, 0) is 16.3 Å². The van der Waals surface area contributed by atoms with Gasteiger partial charge in [0.05, 0.1) is 17.5 Å². The molecule has 2 heterocycles. The number of anilines is 1. The van der Waals surface area contributed by atoms with Gasteiger partial charge in [-0.15, -0.1) is 0 Å². The lowest BCUT2D eigenvalue weighted by Gasteiger charge is -2.26. The summed E-state index contributed by atoms with van der Waals surface area (Å²) in [5.41, 5.74) is 2.29. The van der Waals surface area contributed by atoms with Crippen molar-refractivity contribution in [1.29, 1.82) is 0 Å². The summed E-state index contributed by atoms with van der Waals surface area (Å²) in [6.45, 7) is 2.11. The molecule has 6 heteroatoms. The van der Waals surface area contributed by atoms with Crippen LogP contribution in [0, 0.1) is 0 Å². The molecule has 0 spiro atoms. The zero-order valence-electron chi connectivity index (χ0n) is 10.6. The van der Waals surface area contributed by atoms with Crippen LogP contribution in [0.3, 0.4) is 0 Å². The number of hydrogen-bond donors (Lipinski definition) is 0. The van der Waals surface area contributed by atoms with Crippen LogP contribution in [0.4, 0.5) is 5.69 Å². The monoisotopic (exact) mass is 313 g/mol. The van der Waals surface area contributed by atoms with Gasteiger partial charge in [-0.1, -0.05) is 49.1 Å². The Morgan fingerprint density at radius 1 is 1.37 bits per heavy atom. The number of rotatable bonds is 2. The topological polar surface area (TPSA) is 37.4 Å². The van der Waals surface area contributed by atoms with E-state index in [1.54, 1.807) is 0 Å². The van der Waals surface area contributed by atoms with Gasteiger partial charge in [0.1, 0.15) is 4.32 Å². The van der Waals surface area contributed by atoms with Gasteiger partial charge in [-0.2, -0.15) is 0 Å². The third-order valence-corrected chi connectivity index (χ3v) is 7.28. The van der Waals surface area contributed by atoms with Crippen molar-refractivity contribution in [2.45, 2.75) is 24.6 Å². The van der Waals surface area contributed by atoms with E-state index >= 15 is 0 Å². The van der Waals surface area contributed by atoms with Gasteiger partial charge in [0.2, 0.25) is 0 Å². The molecule has 3 rings (SSSR count). The van der Waals surface area contributed by atoms with E-state index in [2.05, 4.69) is 17.9 Å². The van der Waals surface area contributed by atoms with E-state index in [0.29, 0.717) is 0 Å². The molecule has 3 nitrogen and oxygen atoms in total. The molecule has 19 heavy (non-hydrogen) atoms. The van der Waals surface area contributed by atoms with Gasteiger partial charge in [-0.05, 0) is 18.1 Å². The summed E-state index contributed by atoms with van der Waals surface area (Å²) in [6, 6.07) is 8.13. The number of para-hydroxylation sites is 1. The lowest BCUT2D eigenvalue weighted by atomic mass is 10.1. The van der Waals surface area contributed by atoms with Gasteiger partial charge in [0, 0.05) is 10.9 Å². The van der Waals surface area contributed by atoms with E-state index in [4.69, 9.17) is 12.2 Å². The van der Waals surface area contributed by atoms with Crippen LogP contribution in [0.5, 0.6) is 0 Å². The highest BCUT2D eigenvalue weighted by Crippen LogP contribution is 2.41. The second-order valence-electron chi connectivity index (χ2n) is 4.92. The lowest BCUT2D eigenvalue weighted by Crippen LogP contribution is -2.37. The van der Waals surface area contributed by atoms with E-state index in [9.17, 15) is 8.42 Å². The van der Waals surface area contributed by atoms with Crippen molar-refractivity contribution in [3.05, 3.63) is 29.8 Å². The fourth-order valence-electron chi connectivity index (χ4n) is 2.79. The molecule has 0 N–H and O–H groups in total. The summed E-state index contributed by atoms with van der Waals surface area (Å²) < 4.78 is 24.4. The fourth-order valence-corrected chi connectivity index (χ4v) is 7.16. The minimum absolute atomic E-state index is 0.00944. The average Bonchev–Trinajstić information content (AvgIpc) is 2.79. The van der Waals surface area contributed by atoms with Crippen LogP contribution >= 0.6 is 24.0 Å². The zero-order chi connectivity index (χ0) is 13.6. The van der Waals surface area contributed by atoms with Crippen LogP contribution in [0.2, 0.25) is 0 Å². The third kappa shape index (κ3) is 2.30. The van der Waals surface area contributed by atoms with E-state index in [1.165, 1.54) is 17.3 Å². The molecule has 1 aromatic carbocycles. The second-order valence-corrected chi connectivity index (χ2v) is 8.95. The van der Waals surface area contributed by atoms with Crippen molar-refractivity contribution in [2.24, 2.45) is 0 Å². The van der Waals surface area contributed by atoms with Gasteiger partial charge in [0.15, 0.2) is 9.84 Å². The highest BCUT2D eigenvalue weighted by Gasteiger charge is 2.48. The Hall–Kier alpha value is -0.590. The minimum Gasteiger partial charge on any atom is -0.322 e. The predicted octanol–water partition coefficient (Wildman–Crippen LogP) is 2.25. The first-order valence-corrected chi connectivity index (χ1v) is 9.41. The zero-order valence-corrected chi connectivity index (χ0v) is 13.0. The number of aryl methyl sites for hydroxylation is 1. The first kappa shape index (κ1) is 13.4. The van der Waals surface area contributed by atoms with E-state index in [1.807, 2.05) is 18.2 Å². The summed E-state index contributed by atoms with van der Waals surface area (Å²) in [5.74, 6) is 0.482. The van der Waals surface area contributed by atoms with Crippen LogP contribution in [0.15, 0.2) is 24.3 Å². The number of sulfone groups is 1. The molecule has 1 aromatic rings. The Balaban J connectivity index is 2.02. The smallest absolute Gasteiger partial charge is 0.153 e. The molecule has 2 fully saturated rings. The normalized spacial score (nSPS) is 28.7. The molecule has 0 aliphatic carbocycles. The van der Waals surface area contributed by atoms with E-state index < -0.39 is 9.84 Å². The number of benzene rings is 1. The molecule has 2 saturated heterocycles. The number of hydrogen-bond acceptors (Lipinski definition) is 4. The molecule has 0 saturated carbocycles. The molecule has 2 aliphatic rings. The Kier molecular flexibility index (Phi) is 3.35. The lowest BCUT2D eigenvalue weighted by molar-refractivity contribution is 0.601. The standard InChI is InChI=1S/C13H15NO2S3/c1-2-9-5-3-4-6-10(9)14-11-7-19(15,16)8-12(11)18-13(14)17/h3-6,11-12H,2,7-8H2,1H3/t11-,12+/m1/s1. The summed E-state index contributed by atoms with van der Waals surface area (Å²) in [5, 5.41) is 0.0995. The van der Waals surface area contributed by atoms with Crippen LogP contribution in [-0.4, -0.2) is 35.5 Å². The van der Waals surface area contributed by atoms with Crippen molar-refractivity contribution in [3.8, 4) is 0 Å². The number of thioether (sulfide) groups is 1. The van der Waals surface area contributed by atoms with Crippen LogP contribution < -0.4 is 4.90 Å². The molecule has 0 unspecified atom stereocenters. The molecule has 0 aromatic heterocycles. The highest BCUT2D eigenvalue weighted by atomic mass is 32.2. The van der Waals surface area contributed by atoms with Crippen LogP contribution in [0.25, 0.3) is 0 Å². The predicted molar refractivity (Wildman–Crippen MR) is 84.7 cm³/mol. The van der Waals surface area contributed by atoms with Gasteiger partial charge in [0.25, 0.3) is 0 Å². The molecule has 0 bridgehead atoms. The SMILES string of the molecule is CCc1ccccc1N1C(=S)S[C@H]2CS(=O)(=O)C[C@H]21. The Labute approximate surface area is 123 Å². The number of thiocarbonyl (C=S) groups is 1.